The highest BCUT2D eigenvalue weighted by atomic mass is 16.5. The summed E-state index contributed by atoms with van der Waals surface area (Å²) in [6.07, 6.45) is 2.86. The number of hydrogen-bond acceptors (Lipinski definition) is 3. The molecule has 3 heteroatoms. The number of likely N-dealkylation sites (N-methyl/N-ethyl adjacent to an activating group) is 1. The molecule has 0 bridgehead atoms. The van der Waals surface area contributed by atoms with E-state index in [9.17, 15) is 0 Å². The maximum absolute atomic E-state index is 5.74. The van der Waals surface area contributed by atoms with Crippen molar-refractivity contribution in [3.05, 3.63) is 29.8 Å². The van der Waals surface area contributed by atoms with Crippen LogP contribution in [-0.2, 0) is 0 Å². The molecule has 1 unspecified atom stereocenters. The standard InChI is InChI=1S/C18H30N2O/c1-14(2)21-16-10-8-15(9-11-16)17(19-5)18(3,4)20-12-6-7-13-20/h8-11,14,17,19H,6-7,12-13H2,1-5H3. The van der Waals surface area contributed by atoms with Crippen LogP contribution >= 0.6 is 0 Å². The number of benzene rings is 1. The normalized spacial score (nSPS) is 18.2. The zero-order valence-electron chi connectivity index (χ0n) is 14.1. The first-order valence-electron chi connectivity index (χ1n) is 8.14. The Bertz CT molecular complexity index is 433. The number of nitrogens with zero attached hydrogens (tertiary/aromatic N) is 1. The molecule has 1 N–H and O–H groups in total. The van der Waals surface area contributed by atoms with Crippen LogP contribution < -0.4 is 10.1 Å². The van der Waals surface area contributed by atoms with E-state index in [4.69, 9.17) is 4.74 Å². The van der Waals surface area contributed by atoms with Crippen molar-refractivity contribution >= 4 is 0 Å². The summed E-state index contributed by atoms with van der Waals surface area (Å²) >= 11 is 0. The quantitative estimate of drug-likeness (QED) is 0.866. The SMILES string of the molecule is CNC(c1ccc(OC(C)C)cc1)C(C)(C)N1CCCC1. The second-order valence-electron chi connectivity index (χ2n) is 6.81. The van der Waals surface area contributed by atoms with E-state index in [0.29, 0.717) is 6.04 Å². The van der Waals surface area contributed by atoms with Gasteiger partial charge in [0, 0.05) is 11.6 Å². The van der Waals surface area contributed by atoms with Gasteiger partial charge >= 0.3 is 0 Å². The second-order valence-corrected chi connectivity index (χ2v) is 6.81. The maximum Gasteiger partial charge on any atom is 0.119 e. The summed E-state index contributed by atoms with van der Waals surface area (Å²) in [5.74, 6) is 0.947. The summed E-state index contributed by atoms with van der Waals surface area (Å²) in [7, 11) is 2.06. The minimum absolute atomic E-state index is 0.117. The lowest BCUT2D eigenvalue weighted by Gasteiger charge is -2.42. The van der Waals surface area contributed by atoms with Gasteiger partial charge in [-0.3, -0.25) is 4.90 Å². The first-order valence-corrected chi connectivity index (χ1v) is 8.14. The summed E-state index contributed by atoms with van der Waals surface area (Å²) in [4.78, 5) is 2.60. The molecule has 1 aromatic rings. The Balaban J connectivity index is 2.16. The van der Waals surface area contributed by atoms with Crippen LogP contribution in [0, 0.1) is 0 Å². The van der Waals surface area contributed by atoms with Crippen LogP contribution in [0.2, 0.25) is 0 Å². The smallest absolute Gasteiger partial charge is 0.119 e. The first-order chi connectivity index (χ1) is 9.95. The molecular formula is C18H30N2O. The predicted octanol–water partition coefficient (Wildman–Crippen LogP) is 3.61. The molecule has 1 saturated heterocycles. The van der Waals surface area contributed by atoms with Crippen molar-refractivity contribution in [2.45, 2.75) is 58.2 Å². The number of nitrogens with one attached hydrogen (secondary N) is 1. The van der Waals surface area contributed by atoms with Crippen molar-refractivity contribution in [1.29, 1.82) is 0 Å². The van der Waals surface area contributed by atoms with E-state index in [1.54, 1.807) is 0 Å². The molecule has 1 aromatic carbocycles. The summed E-state index contributed by atoms with van der Waals surface area (Å²) in [6.45, 7) is 11.2. The lowest BCUT2D eigenvalue weighted by molar-refractivity contribution is 0.110. The third-order valence-corrected chi connectivity index (χ3v) is 4.50. The maximum atomic E-state index is 5.74. The molecule has 0 aliphatic carbocycles. The predicted molar refractivity (Wildman–Crippen MR) is 88.9 cm³/mol. The molecule has 118 valence electrons. The van der Waals surface area contributed by atoms with Crippen molar-refractivity contribution in [2.24, 2.45) is 0 Å². The lowest BCUT2D eigenvalue weighted by Crippen LogP contribution is -2.50. The number of rotatable bonds is 6. The Morgan fingerprint density at radius 1 is 1.10 bits per heavy atom. The van der Waals surface area contributed by atoms with Gasteiger partial charge in [-0.2, -0.15) is 0 Å². The Labute approximate surface area is 129 Å². The van der Waals surface area contributed by atoms with E-state index in [1.165, 1.54) is 31.5 Å². The van der Waals surface area contributed by atoms with Crippen molar-refractivity contribution < 1.29 is 4.74 Å². The van der Waals surface area contributed by atoms with Gasteiger partial charge in [-0.05, 0) is 78.4 Å². The first kappa shape index (κ1) is 16.3. The number of likely N-dealkylation sites (tertiary alicyclic amines) is 1. The third kappa shape index (κ3) is 3.78. The zero-order chi connectivity index (χ0) is 15.5. The molecule has 0 spiro atoms. The van der Waals surface area contributed by atoms with Gasteiger partial charge in [-0.25, -0.2) is 0 Å². The summed E-state index contributed by atoms with van der Waals surface area (Å²) in [5.41, 5.74) is 1.44. The van der Waals surface area contributed by atoms with E-state index in [-0.39, 0.29) is 11.6 Å². The van der Waals surface area contributed by atoms with Gasteiger partial charge in [0.2, 0.25) is 0 Å². The molecule has 21 heavy (non-hydrogen) atoms. The van der Waals surface area contributed by atoms with Crippen LogP contribution in [0.5, 0.6) is 5.75 Å². The highest BCUT2D eigenvalue weighted by molar-refractivity contribution is 5.31. The van der Waals surface area contributed by atoms with Gasteiger partial charge in [-0.1, -0.05) is 12.1 Å². The Kier molecular flexibility index (Phi) is 5.28. The van der Waals surface area contributed by atoms with Crippen LogP contribution in [0.25, 0.3) is 0 Å². The Hall–Kier alpha value is -1.06. The highest BCUT2D eigenvalue weighted by Gasteiger charge is 2.36. The molecule has 1 heterocycles. The zero-order valence-corrected chi connectivity index (χ0v) is 14.1. The molecule has 1 fully saturated rings. The topological polar surface area (TPSA) is 24.5 Å². The van der Waals surface area contributed by atoms with Crippen LogP contribution in [-0.4, -0.2) is 36.7 Å². The van der Waals surface area contributed by atoms with Crippen LogP contribution in [0.4, 0.5) is 0 Å². The van der Waals surface area contributed by atoms with E-state index < -0.39 is 0 Å². The molecule has 1 aliphatic rings. The van der Waals surface area contributed by atoms with Gasteiger partial charge in [0.15, 0.2) is 0 Å². The van der Waals surface area contributed by atoms with Crippen molar-refractivity contribution in [3.8, 4) is 5.75 Å². The van der Waals surface area contributed by atoms with E-state index in [2.05, 4.69) is 69.2 Å². The third-order valence-electron chi connectivity index (χ3n) is 4.50. The molecule has 0 radical (unpaired) electrons. The minimum Gasteiger partial charge on any atom is -0.491 e. The van der Waals surface area contributed by atoms with Crippen LogP contribution in [0.3, 0.4) is 0 Å². The van der Waals surface area contributed by atoms with E-state index >= 15 is 0 Å². The van der Waals surface area contributed by atoms with Gasteiger partial charge < -0.3 is 10.1 Å². The van der Waals surface area contributed by atoms with Crippen LogP contribution in [0.15, 0.2) is 24.3 Å². The molecule has 1 atom stereocenters. The van der Waals surface area contributed by atoms with Crippen molar-refractivity contribution in [3.63, 3.8) is 0 Å². The highest BCUT2D eigenvalue weighted by Crippen LogP contribution is 2.34. The Morgan fingerprint density at radius 2 is 1.67 bits per heavy atom. The molecule has 2 rings (SSSR count). The molecule has 0 amide bonds. The lowest BCUT2D eigenvalue weighted by atomic mass is 9.87. The second kappa shape index (κ2) is 6.80. The summed E-state index contributed by atoms with van der Waals surface area (Å²) in [6, 6.07) is 8.87. The molecule has 0 aromatic heterocycles. The summed E-state index contributed by atoms with van der Waals surface area (Å²) in [5, 5.41) is 3.51. The number of hydrogen-bond donors (Lipinski definition) is 1. The molecule has 0 saturated carbocycles. The van der Waals surface area contributed by atoms with E-state index in [0.717, 1.165) is 5.75 Å². The monoisotopic (exact) mass is 290 g/mol. The summed E-state index contributed by atoms with van der Waals surface area (Å²) < 4.78 is 5.74. The van der Waals surface area contributed by atoms with Gasteiger partial charge in [-0.15, -0.1) is 0 Å². The fraction of sp³-hybridized carbons (Fsp3) is 0.667. The fourth-order valence-electron chi connectivity index (χ4n) is 3.41. The van der Waals surface area contributed by atoms with Gasteiger partial charge in [0.05, 0.1) is 6.10 Å². The molecular weight excluding hydrogens is 260 g/mol. The van der Waals surface area contributed by atoms with Gasteiger partial charge in [0.25, 0.3) is 0 Å². The van der Waals surface area contributed by atoms with E-state index in [1.807, 2.05) is 0 Å². The molecule has 1 aliphatic heterocycles. The van der Waals surface area contributed by atoms with Crippen LogP contribution in [0.1, 0.15) is 52.1 Å². The number of ether oxygens (including phenoxy) is 1. The Morgan fingerprint density at radius 3 is 2.14 bits per heavy atom. The van der Waals surface area contributed by atoms with Crippen molar-refractivity contribution in [1.82, 2.24) is 10.2 Å². The average molecular weight is 290 g/mol. The largest absolute Gasteiger partial charge is 0.491 e. The van der Waals surface area contributed by atoms with Crippen molar-refractivity contribution in [2.75, 3.05) is 20.1 Å². The average Bonchev–Trinajstić information content (AvgIpc) is 2.95. The minimum atomic E-state index is 0.117. The molecule has 3 nitrogen and oxygen atoms in total. The fourth-order valence-corrected chi connectivity index (χ4v) is 3.41. The van der Waals surface area contributed by atoms with Gasteiger partial charge in [0.1, 0.15) is 5.75 Å².